The molecule has 0 unspecified atom stereocenters. The highest BCUT2D eigenvalue weighted by molar-refractivity contribution is 7.91. The van der Waals surface area contributed by atoms with E-state index in [4.69, 9.17) is 0 Å². The van der Waals surface area contributed by atoms with Crippen molar-refractivity contribution in [2.75, 3.05) is 30.3 Å². The molecule has 2 N–H and O–H groups in total. The number of fused-ring (bicyclic) bond motifs is 1. The number of amides is 2. The lowest BCUT2D eigenvalue weighted by Crippen LogP contribution is -2.36. The van der Waals surface area contributed by atoms with Gasteiger partial charge in [0.05, 0.1) is 10.6 Å². The summed E-state index contributed by atoms with van der Waals surface area (Å²) >= 11 is 0. The Morgan fingerprint density at radius 2 is 1.72 bits per heavy atom. The number of hydrogen-bond donors (Lipinski definition) is 2. The van der Waals surface area contributed by atoms with Gasteiger partial charge in [-0.25, -0.2) is 12.8 Å². The van der Waals surface area contributed by atoms with Crippen molar-refractivity contribution in [3.8, 4) is 0 Å². The fraction of sp³-hybridized carbons (Fsp3) is 0.481. The molecule has 1 aliphatic heterocycles. The molecule has 1 aliphatic rings. The number of benzene rings is 2. The Morgan fingerprint density at radius 3 is 2.44 bits per heavy atom. The van der Waals surface area contributed by atoms with E-state index in [1.807, 2.05) is 24.8 Å². The predicted octanol–water partition coefficient (Wildman–Crippen LogP) is 4.07. The van der Waals surface area contributed by atoms with Crippen molar-refractivity contribution in [3.05, 3.63) is 59.4 Å². The molecule has 2 amide bonds. The van der Waals surface area contributed by atoms with Crippen LogP contribution in [0.25, 0.3) is 0 Å². The monoisotopic (exact) mass is 517 g/mol. The first-order chi connectivity index (χ1) is 17.2. The lowest BCUT2D eigenvalue weighted by molar-refractivity contribution is -0.121. The first-order valence-electron chi connectivity index (χ1n) is 12.6. The maximum atomic E-state index is 13.1. The third-order valence-corrected chi connectivity index (χ3v) is 8.00. The molecule has 0 fully saturated rings. The topological polar surface area (TPSA) is 95.6 Å². The van der Waals surface area contributed by atoms with Crippen LogP contribution in [0.2, 0.25) is 0 Å². The second kappa shape index (κ2) is 13.0. The Bertz CT molecular complexity index is 1150. The Hall–Kier alpha value is -2.78. The van der Waals surface area contributed by atoms with Crippen molar-refractivity contribution in [2.24, 2.45) is 5.92 Å². The number of rotatable bonds is 6. The van der Waals surface area contributed by atoms with Crippen molar-refractivity contribution in [2.45, 2.75) is 57.4 Å². The molecule has 2 aromatic rings. The van der Waals surface area contributed by atoms with E-state index in [0.29, 0.717) is 18.7 Å². The van der Waals surface area contributed by atoms with Gasteiger partial charge in [-0.2, -0.15) is 0 Å². The number of anilines is 1. The summed E-state index contributed by atoms with van der Waals surface area (Å²) in [4.78, 5) is 27.7. The van der Waals surface area contributed by atoms with Gasteiger partial charge >= 0.3 is 0 Å². The Kier molecular flexibility index (Phi) is 10.0. The van der Waals surface area contributed by atoms with Gasteiger partial charge in [0.1, 0.15) is 5.82 Å². The Labute approximate surface area is 213 Å². The average Bonchev–Trinajstić information content (AvgIpc) is 2.84. The van der Waals surface area contributed by atoms with Crippen molar-refractivity contribution in [3.63, 3.8) is 0 Å². The van der Waals surface area contributed by atoms with Gasteiger partial charge in [0.25, 0.3) is 5.91 Å². The molecule has 0 atom stereocenters. The predicted molar refractivity (Wildman–Crippen MR) is 139 cm³/mol. The molecular formula is C27H36FN3O4S. The fourth-order valence-corrected chi connectivity index (χ4v) is 5.38. The molecule has 0 saturated carbocycles. The van der Waals surface area contributed by atoms with Crippen LogP contribution >= 0.6 is 0 Å². The number of halogens is 1. The number of hydrogen-bond acceptors (Lipinski definition) is 5. The summed E-state index contributed by atoms with van der Waals surface area (Å²) in [5.41, 5.74) is 2.06. The minimum atomic E-state index is -3.65. The summed E-state index contributed by atoms with van der Waals surface area (Å²) in [6, 6.07) is 9.89. The number of carbonyl (C=O) groups excluding carboxylic acids is 2. The van der Waals surface area contributed by atoms with Crippen LogP contribution < -0.4 is 15.5 Å². The van der Waals surface area contributed by atoms with Crippen LogP contribution in [0.1, 0.15) is 61.9 Å². The quantitative estimate of drug-likeness (QED) is 0.563. The molecule has 1 heterocycles. The molecule has 0 bridgehead atoms. The van der Waals surface area contributed by atoms with E-state index in [9.17, 15) is 22.4 Å². The van der Waals surface area contributed by atoms with Gasteiger partial charge < -0.3 is 15.5 Å². The van der Waals surface area contributed by atoms with E-state index >= 15 is 0 Å². The van der Waals surface area contributed by atoms with Crippen molar-refractivity contribution in [1.29, 1.82) is 0 Å². The van der Waals surface area contributed by atoms with Crippen LogP contribution in [0.5, 0.6) is 0 Å². The number of sulfone groups is 1. The Morgan fingerprint density at radius 1 is 1.03 bits per heavy atom. The highest BCUT2D eigenvalue weighted by Crippen LogP contribution is 2.25. The molecule has 0 saturated heterocycles. The van der Waals surface area contributed by atoms with Crippen LogP contribution in [-0.2, 0) is 21.2 Å². The third kappa shape index (κ3) is 7.61. The van der Waals surface area contributed by atoms with Gasteiger partial charge in [0, 0.05) is 36.8 Å². The molecule has 0 aliphatic carbocycles. The zero-order valence-corrected chi connectivity index (χ0v) is 21.9. The van der Waals surface area contributed by atoms with E-state index < -0.39 is 15.7 Å². The average molecular weight is 518 g/mol. The van der Waals surface area contributed by atoms with Gasteiger partial charge in [-0.15, -0.1) is 0 Å². The minimum Gasteiger partial charge on any atom is -0.351 e. The number of carbonyl (C=O) groups is 2. The highest BCUT2D eigenvalue weighted by Gasteiger charge is 2.22. The maximum Gasteiger partial charge on any atom is 0.251 e. The van der Waals surface area contributed by atoms with E-state index in [1.165, 1.54) is 12.1 Å². The molecule has 196 valence electrons. The zero-order valence-electron chi connectivity index (χ0n) is 21.1. The summed E-state index contributed by atoms with van der Waals surface area (Å²) in [5, 5.41) is 6.09. The summed E-state index contributed by atoms with van der Waals surface area (Å²) in [7, 11) is -3.65. The SMILES string of the molecule is CC(C)C(=O)N1CCCCCCCNCc2cc(C(=O)NCCS(=O)(=O)c3ccc(F)cc3)ccc21. The highest BCUT2D eigenvalue weighted by atomic mass is 32.2. The standard InChI is InChI=1S/C27H36FN3O4S/c1-20(2)27(33)31-16-7-5-3-4-6-14-29-19-22-18-21(8-13-25(22)31)26(32)30-15-17-36(34,35)24-11-9-23(28)10-12-24/h8-13,18,20,29H,3-7,14-17,19H2,1-2H3,(H,30,32). The Balaban J connectivity index is 1.75. The van der Waals surface area contributed by atoms with E-state index in [1.54, 1.807) is 12.1 Å². The van der Waals surface area contributed by atoms with Gasteiger partial charge in [0.2, 0.25) is 5.91 Å². The lowest BCUT2D eigenvalue weighted by atomic mass is 10.0. The van der Waals surface area contributed by atoms with Crippen molar-refractivity contribution in [1.82, 2.24) is 10.6 Å². The molecule has 0 spiro atoms. The molecule has 36 heavy (non-hydrogen) atoms. The summed E-state index contributed by atoms with van der Waals surface area (Å²) in [6.45, 7) is 5.71. The first kappa shape index (κ1) is 27.8. The van der Waals surface area contributed by atoms with E-state index in [0.717, 1.165) is 62.0 Å². The summed E-state index contributed by atoms with van der Waals surface area (Å²) in [5.74, 6) is -1.30. The van der Waals surface area contributed by atoms with Crippen LogP contribution in [-0.4, -0.2) is 45.6 Å². The second-order valence-corrected chi connectivity index (χ2v) is 11.6. The molecule has 0 radical (unpaired) electrons. The summed E-state index contributed by atoms with van der Waals surface area (Å²) < 4.78 is 38.0. The van der Waals surface area contributed by atoms with Crippen molar-refractivity contribution >= 4 is 27.3 Å². The van der Waals surface area contributed by atoms with Crippen LogP contribution in [0.15, 0.2) is 47.4 Å². The van der Waals surface area contributed by atoms with E-state index in [-0.39, 0.29) is 34.9 Å². The van der Waals surface area contributed by atoms with Gasteiger partial charge in [-0.3, -0.25) is 9.59 Å². The third-order valence-electron chi connectivity index (χ3n) is 6.27. The molecule has 9 heteroatoms. The van der Waals surface area contributed by atoms with E-state index in [2.05, 4.69) is 10.6 Å². The molecular weight excluding hydrogens is 481 g/mol. The molecule has 0 aromatic heterocycles. The molecule has 2 aromatic carbocycles. The summed E-state index contributed by atoms with van der Waals surface area (Å²) in [6.07, 6.45) is 5.36. The molecule has 3 rings (SSSR count). The fourth-order valence-electron chi connectivity index (χ4n) is 4.23. The second-order valence-electron chi connectivity index (χ2n) is 9.46. The van der Waals surface area contributed by atoms with Gasteiger partial charge in [0.15, 0.2) is 9.84 Å². The van der Waals surface area contributed by atoms with Gasteiger partial charge in [-0.05, 0) is 67.4 Å². The van der Waals surface area contributed by atoms with Crippen molar-refractivity contribution < 1.29 is 22.4 Å². The minimum absolute atomic E-state index is 0.0129. The first-order valence-corrected chi connectivity index (χ1v) is 14.3. The zero-order chi connectivity index (χ0) is 26.1. The number of nitrogens with one attached hydrogen (secondary N) is 2. The van der Waals surface area contributed by atoms with Gasteiger partial charge in [-0.1, -0.05) is 33.1 Å². The van der Waals surface area contributed by atoms with Crippen LogP contribution in [0, 0.1) is 11.7 Å². The largest absolute Gasteiger partial charge is 0.351 e. The lowest BCUT2D eigenvalue weighted by Gasteiger charge is -2.28. The smallest absolute Gasteiger partial charge is 0.251 e. The normalized spacial score (nSPS) is 15.5. The van der Waals surface area contributed by atoms with Crippen LogP contribution in [0.3, 0.4) is 0 Å². The van der Waals surface area contributed by atoms with Crippen LogP contribution in [0.4, 0.5) is 10.1 Å². The number of nitrogens with zero attached hydrogens (tertiary/aromatic N) is 1. The maximum absolute atomic E-state index is 13.1. The molecule has 7 nitrogen and oxygen atoms in total.